The van der Waals surface area contributed by atoms with Crippen molar-refractivity contribution in [3.8, 4) is 22.9 Å². The van der Waals surface area contributed by atoms with E-state index in [-0.39, 0.29) is 38.2 Å². The van der Waals surface area contributed by atoms with Gasteiger partial charge in [-0.15, -0.1) is 0 Å². The highest BCUT2D eigenvalue weighted by molar-refractivity contribution is 7.87. The number of imidazole rings is 1. The smallest absolute Gasteiger partial charge is 0.339 e. The second-order valence-corrected chi connectivity index (χ2v) is 18.8. The van der Waals surface area contributed by atoms with Crippen LogP contribution in [-0.2, 0) is 25.7 Å². The molecule has 11 heteroatoms. The molecule has 0 bridgehead atoms. The van der Waals surface area contributed by atoms with Crippen molar-refractivity contribution >= 4 is 75.0 Å². The van der Waals surface area contributed by atoms with Crippen LogP contribution in [0.25, 0.3) is 54.7 Å². The third-order valence-electron chi connectivity index (χ3n) is 11.3. The van der Waals surface area contributed by atoms with Gasteiger partial charge in [0.25, 0.3) is 0 Å². The fourth-order valence-corrected chi connectivity index (χ4v) is 10.2. The summed E-state index contributed by atoms with van der Waals surface area (Å²) in [6, 6.07) is 43.6. The molecule has 1 aliphatic heterocycles. The van der Waals surface area contributed by atoms with E-state index < -0.39 is 25.7 Å². The van der Waals surface area contributed by atoms with Crippen LogP contribution in [0, 0.1) is 13.8 Å². The van der Waals surface area contributed by atoms with Crippen LogP contribution in [0.5, 0.6) is 11.5 Å². The highest BCUT2D eigenvalue weighted by Crippen LogP contribution is 2.49. The van der Waals surface area contributed by atoms with Crippen LogP contribution in [0.4, 0.5) is 5.69 Å². The number of hydrogen-bond acceptors (Lipinski definition) is 8. The number of hydrogen-bond donors (Lipinski definition) is 1. The molecule has 296 valence electrons. The summed E-state index contributed by atoms with van der Waals surface area (Å²) in [5.41, 5.74) is 4.82. The molecule has 0 saturated heterocycles. The van der Waals surface area contributed by atoms with Gasteiger partial charge in [-0.05, 0) is 83.4 Å². The highest BCUT2D eigenvalue weighted by atomic mass is 32.2. The van der Waals surface area contributed by atoms with E-state index in [4.69, 9.17) is 18.3 Å². The number of nitrogens with one attached hydrogen (secondary N) is 1. The molecule has 2 heterocycles. The molecule has 0 spiro atoms. The van der Waals surface area contributed by atoms with Crippen LogP contribution in [0.3, 0.4) is 0 Å². The first-order chi connectivity index (χ1) is 28.8. The Morgan fingerprint density at radius 1 is 0.550 bits per heavy atom. The molecule has 0 radical (unpaired) electrons. The number of aliphatic imine (C=N–C) groups is 1. The number of rotatable bonds is 8. The summed E-state index contributed by atoms with van der Waals surface area (Å²) in [6.45, 7) is 7.75. The van der Waals surface area contributed by atoms with Crippen LogP contribution in [0.15, 0.2) is 160 Å². The maximum Gasteiger partial charge on any atom is 0.339 e. The monoisotopic (exact) mass is 827 g/mol. The van der Waals surface area contributed by atoms with Crippen molar-refractivity contribution in [1.82, 2.24) is 9.97 Å². The van der Waals surface area contributed by atoms with Crippen molar-refractivity contribution in [2.45, 2.75) is 42.9 Å². The summed E-state index contributed by atoms with van der Waals surface area (Å²) in [5, 5.41) is 5.80. The van der Waals surface area contributed by atoms with Gasteiger partial charge in [0.2, 0.25) is 0 Å². The summed E-state index contributed by atoms with van der Waals surface area (Å²) in [7, 11) is -8.89. The predicted molar refractivity (Wildman–Crippen MR) is 238 cm³/mol. The van der Waals surface area contributed by atoms with Crippen molar-refractivity contribution in [2.24, 2.45) is 4.99 Å². The lowest BCUT2D eigenvalue weighted by Gasteiger charge is -2.26. The second kappa shape index (κ2) is 13.6. The Morgan fingerprint density at radius 2 is 1.05 bits per heavy atom. The Labute approximate surface area is 347 Å². The number of aromatic nitrogens is 2. The molecule has 60 heavy (non-hydrogen) atoms. The molecule has 0 saturated carbocycles. The molecule has 8 aromatic carbocycles. The molecule has 1 aromatic heterocycles. The first-order valence-electron chi connectivity index (χ1n) is 19.4. The van der Waals surface area contributed by atoms with Gasteiger partial charge in [-0.2, -0.15) is 16.8 Å². The summed E-state index contributed by atoms with van der Waals surface area (Å²) in [5.74, 6) is 0.0639. The van der Waals surface area contributed by atoms with Gasteiger partial charge in [0.1, 0.15) is 15.6 Å². The zero-order chi connectivity index (χ0) is 41.6. The minimum absolute atomic E-state index is 0.0496. The van der Waals surface area contributed by atoms with Crippen LogP contribution >= 0.6 is 0 Å². The number of fused-ring (bicyclic) bond motifs is 9. The van der Waals surface area contributed by atoms with Crippen molar-refractivity contribution < 1.29 is 25.2 Å². The van der Waals surface area contributed by atoms with Gasteiger partial charge >= 0.3 is 20.2 Å². The highest BCUT2D eigenvalue weighted by Gasteiger charge is 2.40. The maximum atomic E-state index is 14.2. The number of aromatic amines is 1. The summed E-state index contributed by atoms with van der Waals surface area (Å²) < 4.78 is 69.2. The Balaban J connectivity index is 1.25. The molecule has 0 fully saturated rings. The van der Waals surface area contributed by atoms with Crippen LogP contribution in [0.2, 0.25) is 0 Å². The van der Waals surface area contributed by atoms with Crippen LogP contribution in [-0.4, -0.2) is 32.5 Å². The van der Waals surface area contributed by atoms with Gasteiger partial charge in [0, 0.05) is 21.8 Å². The Kier molecular flexibility index (Phi) is 8.50. The summed E-state index contributed by atoms with van der Waals surface area (Å²) >= 11 is 0. The minimum Gasteiger partial charge on any atom is -0.378 e. The van der Waals surface area contributed by atoms with Crippen LogP contribution in [0.1, 0.15) is 36.1 Å². The van der Waals surface area contributed by atoms with E-state index in [0.717, 1.165) is 49.0 Å². The molecule has 10 rings (SSSR count). The van der Waals surface area contributed by atoms with Gasteiger partial charge in [-0.1, -0.05) is 128 Å². The van der Waals surface area contributed by atoms with Gasteiger partial charge in [0.05, 0.1) is 28.0 Å². The number of nitrogens with zero attached hydrogens (tertiary/aromatic N) is 2. The molecule has 1 aliphatic rings. The maximum absolute atomic E-state index is 14.2. The zero-order valence-corrected chi connectivity index (χ0v) is 34.6. The molecular formula is C49H37N3O6S2. The lowest BCUT2D eigenvalue weighted by Crippen LogP contribution is -2.28. The van der Waals surface area contributed by atoms with Crippen LogP contribution < -0.4 is 8.37 Å². The third kappa shape index (κ3) is 6.11. The number of aryl methyl sites for hydroxylation is 2. The standard InChI is InChI=1S/C49H37N3O6S2/c1-29-17-22-32(23-18-29)59(53,54)57-42-28-40(48-51-45-37-15-9-7-13-35(37)36-14-8-10-16-38(36)46(45)52-48)43(58-60(55,56)33-24-19-30(2)20-25-33)27-39(42)47-49(3,4)44-34-12-6-5-11-31(34)21-26-41(44)50-47/h5-28H,1-4H3,(H,51,52). The molecule has 0 atom stereocenters. The first-order valence-corrected chi connectivity index (χ1v) is 22.2. The minimum atomic E-state index is -4.45. The molecule has 0 aliphatic carbocycles. The molecule has 0 unspecified atom stereocenters. The number of H-pyrrole nitrogens is 1. The zero-order valence-electron chi connectivity index (χ0n) is 33.0. The molecule has 9 aromatic rings. The van der Waals surface area contributed by atoms with Gasteiger partial charge in [-0.3, -0.25) is 4.99 Å². The Hall–Kier alpha value is -6.82. The van der Waals surface area contributed by atoms with Gasteiger partial charge in [0.15, 0.2) is 11.5 Å². The largest absolute Gasteiger partial charge is 0.378 e. The molecule has 9 nitrogen and oxygen atoms in total. The van der Waals surface area contributed by atoms with Crippen molar-refractivity contribution in [1.29, 1.82) is 0 Å². The second-order valence-electron chi connectivity index (χ2n) is 15.7. The lowest BCUT2D eigenvalue weighted by atomic mass is 9.76. The average molecular weight is 828 g/mol. The van der Waals surface area contributed by atoms with E-state index in [1.165, 1.54) is 36.4 Å². The van der Waals surface area contributed by atoms with Gasteiger partial charge < -0.3 is 13.4 Å². The Bertz CT molecular complexity index is 3430. The predicted octanol–water partition coefficient (Wildman–Crippen LogP) is 11.3. The molecule has 1 N–H and O–H groups in total. The van der Waals surface area contributed by atoms with Crippen molar-refractivity contribution in [2.75, 3.05) is 0 Å². The fraction of sp³-hybridized carbons (Fsp3) is 0.102. The summed E-state index contributed by atoms with van der Waals surface area (Å²) in [4.78, 5) is 13.6. The van der Waals surface area contributed by atoms with Crippen molar-refractivity contribution in [3.05, 3.63) is 168 Å². The van der Waals surface area contributed by atoms with E-state index in [1.54, 1.807) is 24.3 Å². The van der Waals surface area contributed by atoms with E-state index >= 15 is 0 Å². The topological polar surface area (TPSA) is 128 Å². The van der Waals surface area contributed by atoms with E-state index in [0.29, 0.717) is 22.4 Å². The average Bonchev–Trinajstić information content (AvgIpc) is 3.80. The third-order valence-corrected chi connectivity index (χ3v) is 13.8. The van der Waals surface area contributed by atoms with E-state index in [2.05, 4.69) is 4.98 Å². The SMILES string of the molecule is Cc1ccc(S(=O)(=O)Oc2cc(-c3nc4c5ccccc5c5ccccc5c4[nH]3)c(OS(=O)(=O)c3ccc(C)cc3)cc2C2=Nc3ccc4ccccc4c3C2(C)C)cc1. The van der Waals surface area contributed by atoms with Crippen molar-refractivity contribution in [3.63, 3.8) is 0 Å². The summed E-state index contributed by atoms with van der Waals surface area (Å²) in [6.07, 6.45) is 0. The number of benzene rings is 8. The van der Waals surface area contributed by atoms with E-state index in [1.807, 2.05) is 113 Å². The molecular weight excluding hydrogens is 791 g/mol. The Morgan fingerprint density at radius 3 is 1.67 bits per heavy atom. The molecule has 0 amide bonds. The lowest BCUT2D eigenvalue weighted by molar-refractivity contribution is 0.477. The first kappa shape index (κ1) is 37.5. The quantitative estimate of drug-likeness (QED) is 0.119. The van der Waals surface area contributed by atoms with E-state index in [9.17, 15) is 16.8 Å². The normalized spacial score (nSPS) is 13.8. The fourth-order valence-electron chi connectivity index (χ4n) is 8.35. The van der Waals surface area contributed by atoms with Gasteiger partial charge in [-0.25, -0.2) is 4.98 Å².